The fourth-order valence-corrected chi connectivity index (χ4v) is 6.09. The summed E-state index contributed by atoms with van der Waals surface area (Å²) in [5.41, 5.74) is 7.22. The van der Waals surface area contributed by atoms with Gasteiger partial charge in [0.15, 0.2) is 5.82 Å². The third-order valence-electron chi connectivity index (χ3n) is 8.09. The van der Waals surface area contributed by atoms with Gasteiger partial charge in [0, 0.05) is 16.7 Å². The van der Waals surface area contributed by atoms with Crippen molar-refractivity contribution in [3.05, 3.63) is 158 Å². The number of hydrogen-bond acceptors (Lipinski definition) is 2. The lowest BCUT2D eigenvalue weighted by molar-refractivity contribution is 1.18. The van der Waals surface area contributed by atoms with E-state index in [-0.39, 0.29) is 0 Å². The van der Waals surface area contributed by atoms with Crippen LogP contribution < -0.4 is 0 Å². The van der Waals surface area contributed by atoms with Gasteiger partial charge in [0.25, 0.3) is 0 Å². The minimum Gasteiger partial charge on any atom is -0.228 e. The molecule has 8 rings (SSSR count). The smallest absolute Gasteiger partial charge is 0.161 e. The molecule has 0 spiro atoms. The Kier molecular flexibility index (Phi) is 5.82. The first-order valence-corrected chi connectivity index (χ1v) is 14.3. The summed E-state index contributed by atoms with van der Waals surface area (Å²) >= 11 is 0. The van der Waals surface area contributed by atoms with E-state index in [0.717, 1.165) is 39.2 Å². The number of aromatic nitrogens is 2. The third kappa shape index (κ3) is 4.13. The van der Waals surface area contributed by atoms with E-state index < -0.39 is 0 Å². The summed E-state index contributed by atoms with van der Waals surface area (Å²) in [6.45, 7) is 0. The molecule has 0 aliphatic heterocycles. The maximum Gasteiger partial charge on any atom is 0.161 e. The van der Waals surface area contributed by atoms with Gasteiger partial charge in [0.05, 0.1) is 11.4 Å². The Morgan fingerprint density at radius 3 is 1.26 bits per heavy atom. The van der Waals surface area contributed by atoms with E-state index in [9.17, 15) is 0 Å². The van der Waals surface area contributed by atoms with Gasteiger partial charge in [0.2, 0.25) is 0 Å². The molecule has 0 aliphatic carbocycles. The maximum absolute atomic E-state index is 5.13. The molecular formula is C40H26N2. The van der Waals surface area contributed by atoms with Crippen LogP contribution in [0, 0.1) is 0 Å². The first-order valence-electron chi connectivity index (χ1n) is 14.3. The van der Waals surface area contributed by atoms with Crippen molar-refractivity contribution in [3.8, 4) is 45.0 Å². The average molecular weight is 535 g/mol. The van der Waals surface area contributed by atoms with Gasteiger partial charge in [0.1, 0.15) is 0 Å². The maximum atomic E-state index is 5.13. The summed E-state index contributed by atoms with van der Waals surface area (Å²) in [6, 6.07) is 55.5. The molecule has 0 atom stereocenters. The Bertz CT molecular complexity index is 2140. The van der Waals surface area contributed by atoms with Crippen LogP contribution in [0.3, 0.4) is 0 Å². The van der Waals surface area contributed by atoms with Crippen molar-refractivity contribution in [3.63, 3.8) is 0 Å². The van der Waals surface area contributed by atoms with Crippen LogP contribution in [-0.2, 0) is 0 Å². The number of rotatable bonds is 4. The van der Waals surface area contributed by atoms with Gasteiger partial charge < -0.3 is 0 Å². The summed E-state index contributed by atoms with van der Waals surface area (Å²) in [5, 5.41) is 7.61. The molecule has 0 bridgehead atoms. The Balaban J connectivity index is 1.36. The van der Waals surface area contributed by atoms with Gasteiger partial charge in [-0.3, -0.25) is 0 Å². The van der Waals surface area contributed by atoms with Gasteiger partial charge in [-0.15, -0.1) is 0 Å². The van der Waals surface area contributed by atoms with Crippen molar-refractivity contribution >= 4 is 32.3 Å². The highest BCUT2D eigenvalue weighted by Gasteiger charge is 2.16. The van der Waals surface area contributed by atoms with Gasteiger partial charge in [-0.1, -0.05) is 146 Å². The molecule has 8 aromatic rings. The van der Waals surface area contributed by atoms with E-state index >= 15 is 0 Å². The SMILES string of the molecule is c1ccc(-c2cc(-c3ccccc3)nc(-c3ccccc3-c3ccc4c5ccccc5c5ccccc5c4c3)n2)cc1. The standard InChI is InChI=1S/C40H26N2/c1-3-13-27(14-4-1)38-26-39(28-15-5-2-6-16-28)42-40(41-38)36-22-12-7-17-30(36)29-23-24-35-33-20-9-8-18-31(33)32-19-10-11-21-34(32)37(35)25-29/h1-26H. The van der Waals surface area contributed by atoms with Crippen LogP contribution in [0.2, 0.25) is 0 Å². The van der Waals surface area contributed by atoms with E-state index in [1.54, 1.807) is 0 Å². The third-order valence-corrected chi connectivity index (χ3v) is 8.09. The molecule has 0 fully saturated rings. The van der Waals surface area contributed by atoms with Gasteiger partial charge in [-0.2, -0.15) is 0 Å². The molecule has 0 amide bonds. The van der Waals surface area contributed by atoms with E-state index in [0.29, 0.717) is 5.82 Å². The first kappa shape index (κ1) is 24.2. The molecule has 0 unspecified atom stereocenters. The second kappa shape index (κ2) is 10.1. The predicted molar refractivity (Wildman–Crippen MR) is 176 cm³/mol. The molecule has 0 radical (unpaired) electrons. The van der Waals surface area contributed by atoms with Crippen LogP contribution >= 0.6 is 0 Å². The van der Waals surface area contributed by atoms with Crippen molar-refractivity contribution in [2.75, 3.05) is 0 Å². The largest absolute Gasteiger partial charge is 0.228 e. The quantitative estimate of drug-likeness (QED) is 0.210. The Morgan fingerprint density at radius 1 is 0.286 bits per heavy atom. The molecule has 1 aromatic heterocycles. The van der Waals surface area contributed by atoms with Crippen LogP contribution in [-0.4, -0.2) is 9.97 Å². The van der Waals surface area contributed by atoms with Crippen LogP contribution in [0.1, 0.15) is 0 Å². The van der Waals surface area contributed by atoms with E-state index in [1.807, 2.05) is 12.1 Å². The lowest BCUT2D eigenvalue weighted by atomic mass is 9.91. The van der Waals surface area contributed by atoms with Crippen molar-refractivity contribution in [2.24, 2.45) is 0 Å². The van der Waals surface area contributed by atoms with Crippen molar-refractivity contribution in [1.29, 1.82) is 0 Å². The number of benzene rings is 7. The van der Waals surface area contributed by atoms with Crippen LogP contribution in [0.25, 0.3) is 77.3 Å². The second-order valence-electron chi connectivity index (χ2n) is 10.6. The lowest BCUT2D eigenvalue weighted by Gasteiger charge is -2.15. The number of fused-ring (bicyclic) bond motifs is 6. The highest BCUT2D eigenvalue weighted by molar-refractivity contribution is 6.25. The fraction of sp³-hybridized carbons (Fsp3) is 0. The van der Waals surface area contributed by atoms with Crippen LogP contribution in [0.4, 0.5) is 0 Å². The van der Waals surface area contributed by atoms with Crippen molar-refractivity contribution in [1.82, 2.24) is 9.97 Å². The van der Waals surface area contributed by atoms with Gasteiger partial charge >= 0.3 is 0 Å². The van der Waals surface area contributed by atoms with E-state index in [1.165, 1.54) is 32.3 Å². The molecule has 42 heavy (non-hydrogen) atoms. The average Bonchev–Trinajstić information content (AvgIpc) is 3.09. The van der Waals surface area contributed by atoms with Crippen LogP contribution in [0.5, 0.6) is 0 Å². The summed E-state index contributed by atoms with van der Waals surface area (Å²) in [6.07, 6.45) is 0. The molecule has 2 heteroatoms. The van der Waals surface area contributed by atoms with Gasteiger partial charge in [-0.05, 0) is 55.6 Å². The van der Waals surface area contributed by atoms with Crippen LogP contribution in [0.15, 0.2) is 158 Å². The second-order valence-corrected chi connectivity index (χ2v) is 10.6. The summed E-state index contributed by atoms with van der Waals surface area (Å²) < 4.78 is 0. The monoisotopic (exact) mass is 534 g/mol. The molecule has 0 aliphatic rings. The molecule has 0 saturated carbocycles. The Labute approximate surface area is 244 Å². The zero-order chi connectivity index (χ0) is 27.9. The van der Waals surface area contributed by atoms with Gasteiger partial charge in [-0.25, -0.2) is 9.97 Å². The fourth-order valence-electron chi connectivity index (χ4n) is 6.09. The number of nitrogens with zero attached hydrogens (tertiary/aromatic N) is 2. The zero-order valence-corrected chi connectivity index (χ0v) is 22.9. The molecular weight excluding hydrogens is 508 g/mol. The summed E-state index contributed by atoms with van der Waals surface area (Å²) in [4.78, 5) is 10.3. The van der Waals surface area contributed by atoms with E-state index in [4.69, 9.17) is 9.97 Å². The zero-order valence-electron chi connectivity index (χ0n) is 22.9. The Morgan fingerprint density at radius 2 is 0.714 bits per heavy atom. The highest BCUT2D eigenvalue weighted by atomic mass is 14.9. The Hall–Kier alpha value is -5.60. The summed E-state index contributed by atoms with van der Waals surface area (Å²) in [5.74, 6) is 0.717. The number of hydrogen-bond donors (Lipinski definition) is 0. The highest BCUT2D eigenvalue weighted by Crippen LogP contribution is 2.39. The molecule has 2 nitrogen and oxygen atoms in total. The minimum atomic E-state index is 0.717. The lowest BCUT2D eigenvalue weighted by Crippen LogP contribution is -1.97. The normalized spacial score (nSPS) is 11.3. The summed E-state index contributed by atoms with van der Waals surface area (Å²) in [7, 11) is 0. The van der Waals surface area contributed by atoms with E-state index in [2.05, 4.69) is 146 Å². The van der Waals surface area contributed by atoms with Crippen molar-refractivity contribution in [2.45, 2.75) is 0 Å². The molecule has 196 valence electrons. The molecule has 0 saturated heterocycles. The molecule has 7 aromatic carbocycles. The predicted octanol–water partition coefficient (Wildman–Crippen LogP) is 10.6. The first-order chi connectivity index (χ1) is 20.8. The molecule has 0 N–H and O–H groups in total. The van der Waals surface area contributed by atoms with Crippen molar-refractivity contribution < 1.29 is 0 Å². The molecule has 1 heterocycles. The minimum absolute atomic E-state index is 0.717. The topological polar surface area (TPSA) is 25.8 Å².